The Morgan fingerprint density at radius 2 is 1.52 bits per heavy atom. The molecule has 4 aliphatic heterocycles. The van der Waals surface area contributed by atoms with E-state index in [0.717, 1.165) is 84.4 Å². The van der Waals surface area contributed by atoms with Crippen LogP contribution < -0.4 is 10.6 Å². The van der Waals surface area contributed by atoms with Crippen molar-refractivity contribution < 1.29 is 33.5 Å². The number of rotatable bonds is 18. The number of amides is 5. The number of H-pyrrole nitrogens is 1. The van der Waals surface area contributed by atoms with Gasteiger partial charge in [0, 0.05) is 91.1 Å². The molecule has 0 bridgehead atoms. The Morgan fingerprint density at radius 1 is 0.815 bits per heavy atom. The number of hydrogen-bond acceptors (Lipinski definition) is 9. The minimum absolute atomic E-state index is 0.0133. The van der Waals surface area contributed by atoms with Crippen LogP contribution in [0.1, 0.15) is 120 Å². The second-order valence-corrected chi connectivity index (χ2v) is 18.0. The standard InChI is InChI=1S/C50H60ClN7O7/c1-65-50(64)42-30-37-35-14-9-10-16-40(35)53-45(37)46(58(42)44(60)31-51)33-18-20-34(21-19-33)48(62)56-28-26-55(27-29-56)25-12-8-6-4-2-3-5-7-11-24-52-39-17-13-15-36-38(39)32-57(49(36)63)41-22-23-43(59)54-47(41)61/h9-10,13-21,41-42,46,52-53H,2-8,11-12,22-32H2,1H3,(H,54,59,61)/t41?,42-,46+/m1/s1. The number of methoxy groups -OCH3 is 1. The van der Waals surface area contributed by atoms with Crippen LogP contribution in [0.2, 0.25) is 0 Å². The molecule has 2 saturated heterocycles. The molecule has 0 aliphatic carbocycles. The van der Waals surface area contributed by atoms with Crippen LogP contribution in [0, 0.1) is 0 Å². The average molecular weight is 907 g/mol. The molecule has 344 valence electrons. The summed E-state index contributed by atoms with van der Waals surface area (Å²) in [7, 11) is 1.33. The highest BCUT2D eigenvalue weighted by Gasteiger charge is 2.44. The van der Waals surface area contributed by atoms with E-state index in [0.29, 0.717) is 43.6 Å². The molecule has 65 heavy (non-hydrogen) atoms. The molecule has 14 nitrogen and oxygen atoms in total. The number of aromatic nitrogens is 1. The summed E-state index contributed by atoms with van der Waals surface area (Å²) < 4.78 is 5.16. The summed E-state index contributed by atoms with van der Waals surface area (Å²) in [5.41, 5.74) is 6.56. The van der Waals surface area contributed by atoms with Gasteiger partial charge in [0.15, 0.2) is 0 Å². The van der Waals surface area contributed by atoms with Crippen LogP contribution in [0.15, 0.2) is 66.7 Å². The first-order valence-corrected chi connectivity index (χ1v) is 23.9. The average Bonchev–Trinajstić information content (AvgIpc) is 3.88. The smallest absolute Gasteiger partial charge is 0.328 e. The van der Waals surface area contributed by atoms with Crippen molar-refractivity contribution in [1.82, 2.24) is 29.9 Å². The topological polar surface area (TPSA) is 164 Å². The molecule has 0 spiro atoms. The zero-order chi connectivity index (χ0) is 45.5. The van der Waals surface area contributed by atoms with Gasteiger partial charge in [-0.15, -0.1) is 11.6 Å². The number of benzene rings is 3. The van der Waals surface area contributed by atoms with Gasteiger partial charge < -0.3 is 29.7 Å². The zero-order valence-electron chi connectivity index (χ0n) is 37.2. The summed E-state index contributed by atoms with van der Waals surface area (Å²) in [6, 6.07) is 18.9. The Balaban J connectivity index is 0.714. The molecule has 1 aromatic heterocycles. The number of nitrogens with one attached hydrogen (secondary N) is 3. The number of imide groups is 1. The summed E-state index contributed by atoms with van der Waals surface area (Å²) in [6.07, 6.45) is 11.6. The third-order valence-corrected chi connectivity index (χ3v) is 13.9. The highest BCUT2D eigenvalue weighted by atomic mass is 35.5. The van der Waals surface area contributed by atoms with E-state index in [9.17, 15) is 28.8 Å². The number of unbranched alkanes of at least 4 members (excludes halogenated alkanes) is 8. The first-order chi connectivity index (χ1) is 31.7. The number of piperazine rings is 1. The first-order valence-electron chi connectivity index (χ1n) is 23.3. The molecule has 2 fully saturated rings. The Hall–Kier alpha value is -5.73. The molecule has 3 N–H and O–H groups in total. The Kier molecular flexibility index (Phi) is 14.8. The van der Waals surface area contributed by atoms with Crippen LogP contribution in [-0.4, -0.2) is 124 Å². The van der Waals surface area contributed by atoms with Gasteiger partial charge in [0.05, 0.1) is 13.2 Å². The van der Waals surface area contributed by atoms with Gasteiger partial charge in [-0.3, -0.25) is 34.2 Å². The predicted octanol–water partition coefficient (Wildman–Crippen LogP) is 6.56. The summed E-state index contributed by atoms with van der Waals surface area (Å²) >= 11 is 6.11. The van der Waals surface area contributed by atoms with Crippen molar-refractivity contribution in [2.24, 2.45) is 0 Å². The lowest BCUT2D eigenvalue weighted by atomic mass is 9.87. The molecular formula is C50H60ClN7O7. The molecule has 4 aliphatic rings. The number of anilines is 1. The summed E-state index contributed by atoms with van der Waals surface area (Å²) in [6.45, 7) is 5.28. The van der Waals surface area contributed by atoms with Crippen molar-refractivity contribution in [3.8, 4) is 0 Å². The van der Waals surface area contributed by atoms with Crippen LogP contribution in [-0.2, 0) is 36.9 Å². The highest BCUT2D eigenvalue weighted by molar-refractivity contribution is 6.27. The van der Waals surface area contributed by atoms with Crippen molar-refractivity contribution in [1.29, 1.82) is 0 Å². The van der Waals surface area contributed by atoms with E-state index < -0.39 is 30.0 Å². The Labute approximate surface area is 385 Å². The second kappa shape index (κ2) is 21.1. The number of fused-ring (bicyclic) bond motifs is 4. The summed E-state index contributed by atoms with van der Waals surface area (Å²) in [5.74, 6) is -2.00. The van der Waals surface area contributed by atoms with Gasteiger partial charge in [0.25, 0.3) is 11.8 Å². The predicted molar refractivity (Wildman–Crippen MR) is 249 cm³/mol. The minimum Gasteiger partial charge on any atom is -0.467 e. The normalized spacial score (nSPS) is 19.9. The number of para-hydroxylation sites is 1. The number of carbonyl (C=O) groups is 6. The van der Waals surface area contributed by atoms with Gasteiger partial charge in [0.1, 0.15) is 18.0 Å². The molecule has 4 aromatic rings. The van der Waals surface area contributed by atoms with Gasteiger partial charge in [-0.05, 0) is 67.3 Å². The lowest BCUT2D eigenvalue weighted by Gasteiger charge is -2.40. The van der Waals surface area contributed by atoms with Crippen molar-refractivity contribution in [3.05, 3.63) is 100 Å². The van der Waals surface area contributed by atoms with Crippen molar-refractivity contribution in [3.63, 3.8) is 0 Å². The van der Waals surface area contributed by atoms with Crippen LogP contribution in [0.25, 0.3) is 10.9 Å². The molecule has 5 heterocycles. The van der Waals surface area contributed by atoms with Crippen LogP contribution >= 0.6 is 11.6 Å². The van der Waals surface area contributed by atoms with Crippen molar-refractivity contribution in [2.45, 2.75) is 102 Å². The van der Waals surface area contributed by atoms with E-state index in [4.69, 9.17) is 16.3 Å². The molecule has 0 radical (unpaired) electrons. The maximum absolute atomic E-state index is 13.7. The van der Waals surface area contributed by atoms with Crippen molar-refractivity contribution in [2.75, 3.05) is 57.6 Å². The van der Waals surface area contributed by atoms with Gasteiger partial charge in [-0.2, -0.15) is 0 Å². The molecule has 15 heteroatoms. The summed E-state index contributed by atoms with van der Waals surface area (Å²) in [4.78, 5) is 88.3. The quantitative estimate of drug-likeness (QED) is 0.0434. The zero-order valence-corrected chi connectivity index (χ0v) is 38.0. The third-order valence-electron chi connectivity index (χ3n) is 13.7. The van der Waals surface area contributed by atoms with E-state index in [1.807, 2.05) is 71.6 Å². The van der Waals surface area contributed by atoms with E-state index in [-0.39, 0.29) is 35.9 Å². The molecular weight excluding hydrogens is 846 g/mol. The molecule has 5 amide bonds. The molecule has 1 unspecified atom stereocenters. The minimum atomic E-state index is -0.845. The fraction of sp³-hybridized carbons (Fsp3) is 0.480. The number of alkyl halides is 1. The first kappa shape index (κ1) is 45.8. The monoisotopic (exact) mass is 905 g/mol. The van der Waals surface area contributed by atoms with E-state index >= 15 is 0 Å². The van der Waals surface area contributed by atoms with Gasteiger partial charge in [-0.25, -0.2) is 4.79 Å². The number of aromatic amines is 1. The fourth-order valence-electron chi connectivity index (χ4n) is 10.2. The fourth-order valence-corrected chi connectivity index (χ4v) is 10.3. The Bertz CT molecular complexity index is 2390. The van der Waals surface area contributed by atoms with Crippen LogP contribution in [0.5, 0.6) is 0 Å². The number of carbonyl (C=O) groups excluding carboxylic acids is 6. The molecule has 3 atom stereocenters. The number of ether oxygens (including phenoxy) is 1. The van der Waals surface area contributed by atoms with Crippen molar-refractivity contribution >= 4 is 63.7 Å². The molecule has 3 aromatic carbocycles. The van der Waals surface area contributed by atoms with E-state index in [1.54, 1.807) is 4.90 Å². The number of halogens is 1. The van der Waals surface area contributed by atoms with Gasteiger partial charge in [0.2, 0.25) is 17.7 Å². The van der Waals surface area contributed by atoms with E-state index in [1.165, 1.54) is 50.5 Å². The lowest BCUT2D eigenvalue weighted by Crippen LogP contribution is -2.52. The van der Waals surface area contributed by atoms with Crippen LogP contribution in [0.4, 0.5) is 5.69 Å². The summed E-state index contributed by atoms with van der Waals surface area (Å²) in [5, 5.41) is 6.88. The highest BCUT2D eigenvalue weighted by Crippen LogP contribution is 2.41. The number of esters is 1. The van der Waals surface area contributed by atoms with Crippen LogP contribution in [0.3, 0.4) is 0 Å². The maximum Gasteiger partial charge on any atom is 0.328 e. The molecule has 8 rings (SSSR count). The number of piperidine rings is 1. The van der Waals surface area contributed by atoms with E-state index in [2.05, 4.69) is 20.5 Å². The van der Waals surface area contributed by atoms with Gasteiger partial charge >= 0.3 is 5.97 Å². The van der Waals surface area contributed by atoms with Gasteiger partial charge in [-0.1, -0.05) is 81.3 Å². The third kappa shape index (κ3) is 10.1. The maximum atomic E-state index is 13.7. The largest absolute Gasteiger partial charge is 0.467 e. The lowest BCUT2D eigenvalue weighted by molar-refractivity contribution is -0.154. The SMILES string of the molecule is COC(=O)[C@H]1Cc2c([nH]c3ccccc23)[C@H](c2ccc(C(=O)N3CCN(CCCCCCCCCCCNc4cccc5c4CN(C4CCC(=O)NC4=O)C5=O)CC3)cc2)N1C(=O)CCl. The second-order valence-electron chi connectivity index (χ2n) is 17.7. The number of nitrogens with zero attached hydrogens (tertiary/aromatic N) is 4. The molecule has 0 saturated carbocycles. The number of hydrogen-bond donors (Lipinski definition) is 3. The Morgan fingerprint density at radius 3 is 2.23 bits per heavy atom.